The summed E-state index contributed by atoms with van der Waals surface area (Å²) < 4.78 is 5.65. The van der Waals surface area contributed by atoms with E-state index in [0.717, 1.165) is 0 Å². The van der Waals surface area contributed by atoms with Gasteiger partial charge in [0.25, 0.3) is 11.2 Å². The molecule has 0 saturated heterocycles. The van der Waals surface area contributed by atoms with Gasteiger partial charge in [0.2, 0.25) is 5.95 Å². The summed E-state index contributed by atoms with van der Waals surface area (Å²) in [5.74, 6) is 1.22. The molecule has 0 saturated carbocycles. The van der Waals surface area contributed by atoms with Crippen molar-refractivity contribution in [3.8, 4) is 11.3 Å². The molecule has 0 spiro atoms. The van der Waals surface area contributed by atoms with Crippen LogP contribution in [0, 0.1) is 10.1 Å². The number of nitro groups is 1. The molecule has 0 aliphatic rings. The maximum absolute atomic E-state index is 12.0. The number of nitro benzene ring substituents is 1. The Bertz CT molecular complexity index is 1240. The summed E-state index contributed by atoms with van der Waals surface area (Å²) in [4.78, 5) is 29.1. The average Bonchev–Trinajstić information content (AvgIpc) is 3.17. The third-order valence-electron chi connectivity index (χ3n) is 3.96. The van der Waals surface area contributed by atoms with Crippen LogP contribution in [-0.2, 0) is 0 Å². The van der Waals surface area contributed by atoms with Crippen LogP contribution in [0.1, 0.15) is 5.76 Å². The number of fused-ring (bicyclic) bond motifs is 1. The topological polar surface area (TPSA) is 126 Å². The predicted molar refractivity (Wildman–Crippen MR) is 104 cm³/mol. The zero-order valence-electron chi connectivity index (χ0n) is 14.3. The van der Waals surface area contributed by atoms with Crippen molar-refractivity contribution in [2.45, 2.75) is 0 Å². The van der Waals surface area contributed by atoms with E-state index in [0.29, 0.717) is 28.0 Å². The Hall–Kier alpha value is -4.27. The minimum absolute atomic E-state index is 0.0122. The van der Waals surface area contributed by atoms with Crippen LogP contribution in [0.5, 0.6) is 0 Å². The van der Waals surface area contributed by atoms with Crippen LogP contribution in [-0.4, -0.2) is 21.1 Å². The third kappa shape index (κ3) is 3.49. The second-order valence-electron chi connectivity index (χ2n) is 5.81. The number of nitrogens with zero attached hydrogens (tertiary/aromatic N) is 3. The number of nitrogens with one attached hydrogen (secondary N) is 2. The Labute approximate surface area is 157 Å². The van der Waals surface area contributed by atoms with Gasteiger partial charge in [-0.15, -0.1) is 0 Å². The van der Waals surface area contributed by atoms with E-state index in [-0.39, 0.29) is 17.2 Å². The van der Waals surface area contributed by atoms with E-state index in [1.807, 2.05) is 0 Å². The van der Waals surface area contributed by atoms with Crippen molar-refractivity contribution in [3.05, 3.63) is 86.9 Å². The molecular weight excluding hydrogens is 362 g/mol. The van der Waals surface area contributed by atoms with Crippen molar-refractivity contribution in [2.24, 2.45) is 5.10 Å². The number of non-ortho nitro benzene ring substituents is 1. The van der Waals surface area contributed by atoms with Crippen LogP contribution in [0.2, 0.25) is 0 Å². The number of H-pyrrole nitrogens is 1. The zero-order valence-corrected chi connectivity index (χ0v) is 14.3. The zero-order chi connectivity index (χ0) is 19.5. The molecule has 0 aliphatic carbocycles. The Morgan fingerprint density at radius 3 is 2.68 bits per heavy atom. The van der Waals surface area contributed by atoms with Gasteiger partial charge in [-0.25, -0.2) is 10.4 Å². The molecule has 4 rings (SSSR count). The number of rotatable bonds is 5. The summed E-state index contributed by atoms with van der Waals surface area (Å²) in [5, 5.41) is 15.2. The van der Waals surface area contributed by atoms with Gasteiger partial charge in [-0.3, -0.25) is 19.9 Å². The lowest BCUT2D eigenvalue weighted by Gasteiger charge is -2.01. The fourth-order valence-electron chi connectivity index (χ4n) is 2.62. The summed E-state index contributed by atoms with van der Waals surface area (Å²) >= 11 is 0. The molecule has 0 atom stereocenters. The number of benzene rings is 2. The molecule has 2 N–H and O–H groups in total. The quantitative estimate of drug-likeness (QED) is 0.312. The van der Waals surface area contributed by atoms with Gasteiger partial charge in [-0.1, -0.05) is 12.1 Å². The third-order valence-corrected chi connectivity index (χ3v) is 3.96. The summed E-state index contributed by atoms with van der Waals surface area (Å²) in [5.41, 5.74) is 3.68. The van der Waals surface area contributed by atoms with Gasteiger partial charge in [0.05, 0.1) is 22.0 Å². The molecule has 0 bridgehead atoms. The monoisotopic (exact) mass is 375 g/mol. The number of para-hydroxylation sites is 1. The molecule has 0 radical (unpaired) electrons. The van der Waals surface area contributed by atoms with Crippen molar-refractivity contribution >= 4 is 28.8 Å². The maximum Gasteiger partial charge on any atom is 0.269 e. The SMILES string of the molecule is O=c1[nH]c(N/N=C\c2ccc(-c3ccc([N+](=O)[O-])cc3)o2)nc2ccccc12. The van der Waals surface area contributed by atoms with Crippen LogP contribution >= 0.6 is 0 Å². The maximum atomic E-state index is 12.0. The minimum atomic E-state index is -0.458. The van der Waals surface area contributed by atoms with E-state index in [4.69, 9.17) is 4.42 Å². The van der Waals surface area contributed by atoms with E-state index < -0.39 is 4.92 Å². The Morgan fingerprint density at radius 2 is 1.89 bits per heavy atom. The second kappa shape index (κ2) is 7.16. The average molecular weight is 375 g/mol. The van der Waals surface area contributed by atoms with Crippen molar-refractivity contribution in [1.82, 2.24) is 9.97 Å². The van der Waals surface area contributed by atoms with E-state index in [9.17, 15) is 14.9 Å². The molecule has 2 heterocycles. The minimum Gasteiger partial charge on any atom is -0.455 e. The highest BCUT2D eigenvalue weighted by Gasteiger charge is 2.08. The predicted octanol–water partition coefficient (Wildman–Crippen LogP) is 3.54. The number of hydrogen-bond donors (Lipinski definition) is 2. The first-order valence-corrected chi connectivity index (χ1v) is 8.23. The fraction of sp³-hybridized carbons (Fsp3) is 0. The number of hydrazone groups is 1. The lowest BCUT2D eigenvalue weighted by molar-refractivity contribution is -0.384. The summed E-state index contributed by atoms with van der Waals surface area (Å²) in [7, 11) is 0. The molecule has 28 heavy (non-hydrogen) atoms. The summed E-state index contributed by atoms with van der Waals surface area (Å²) in [6, 6.07) is 16.5. The van der Waals surface area contributed by atoms with Gasteiger partial charge >= 0.3 is 0 Å². The Kier molecular flexibility index (Phi) is 4.38. The van der Waals surface area contributed by atoms with Gasteiger partial charge in [-0.05, 0) is 36.4 Å². The van der Waals surface area contributed by atoms with Gasteiger partial charge in [-0.2, -0.15) is 5.10 Å². The van der Waals surface area contributed by atoms with Crippen molar-refractivity contribution in [3.63, 3.8) is 0 Å². The lowest BCUT2D eigenvalue weighted by Crippen LogP contribution is -2.10. The summed E-state index contributed by atoms with van der Waals surface area (Å²) in [6.45, 7) is 0. The highest BCUT2D eigenvalue weighted by molar-refractivity contribution is 5.79. The molecule has 0 fully saturated rings. The van der Waals surface area contributed by atoms with Gasteiger partial charge in [0.15, 0.2) is 0 Å². The first-order valence-electron chi connectivity index (χ1n) is 8.23. The van der Waals surface area contributed by atoms with Crippen LogP contribution in [0.15, 0.2) is 75.0 Å². The van der Waals surface area contributed by atoms with Crippen molar-refractivity contribution in [2.75, 3.05) is 5.43 Å². The lowest BCUT2D eigenvalue weighted by atomic mass is 10.1. The molecular formula is C19H13N5O4. The molecule has 2 aromatic carbocycles. The molecule has 0 amide bonds. The van der Waals surface area contributed by atoms with E-state index >= 15 is 0 Å². The van der Waals surface area contributed by atoms with Crippen LogP contribution < -0.4 is 11.0 Å². The molecule has 4 aromatic rings. The normalized spacial score (nSPS) is 11.1. The fourth-order valence-corrected chi connectivity index (χ4v) is 2.62. The highest BCUT2D eigenvalue weighted by atomic mass is 16.6. The standard InChI is InChI=1S/C19H13N5O4/c25-18-15-3-1-2-4-16(15)21-19(22-18)23-20-11-14-9-10-17(28-14)12-5-7-13(8-6-12)24(26)27/h1-11H,(H2,21,22,23,25)/b20-11-. The molecule has 9 nitrogen and oxygen atoms in total. The molecule has 2 aromatic heterocycles. The first-order chi connectivity index (χ1) is 13.6. The second-order valence-corrected chi connectivity index (χ2v) is 5.81. The summed E-state index contributed by atoms with van der Waals surface area (Å²) in [6.07, 6.45) is 1.43. The number of hydrogen-bond acceptors (Lipinski definition) is 7. The Balaban J connectivity index is 1.49. The van der Waals surface area contributed by atoms with Crippen LogP contribution in [0.4, 0.5) is 11.6 Å². The van der Waals surface area contributed by atoms with Crippen LogP contribution in [0.25, 0.3) is 22.2 Å². The van der Waals surface area contributed by atoms with Crippen LogP contribution in [0.3, 0.4) is 0 Å². The molecule has 0 unspecified atom stereocenters. The van der Waals surface area contributed by atoms with E-state index in [2.05, 4.69) is 20.5 Å². The van der Waals surface area contributed by atoms with E-state index in [1.54, 1.807) is 48.5 Å². The first kappa shape index (κ1) is 17.2. The van der Waals surface area contributed by atoms with Gasteiger partial charge in [0.1, 0.15) is 11.5 Å². The highest BCUT2D eigenvalue weighted by Crippen LogP contribution is 2.24. The number of aromatic amines is 1. The molecule has 0 aliphatic heterocycles. The number of furan rings is 1. The molecule has 138 valence electrons. The molecule has 9 heteroatoms. The van der Waals surface area contributed by atoms with Crippen molar-refractivity contribution in [1.29, 1.82) is 0 Å². The smallest absolute Gasteiger partial charge is 0.269 e. The van der Waals surface area contributed by atoms with Crippen molar-refractivity contribution < 1.29 is 9.34 Å². The largest absolute Gasteiger partial charge is 0.455 e. The Morgan fingerprint density at radius 1 is 1.11 bits per heavy atom. The van der Waals surface area contributed by atoms with E-state index in [1.165, 1.54) is 18.3 Å². The van der Waals surface area contributed by atoms with Gasteiger partial charge in [0, 0.05) is 17.7 Å². The number of aromatic nitrogens is 2. The van der Waals surface area contributed by atoms with Gasteiger partial charge < -0.3 is 4.42 Å². The number of anilines is 1.